The number of aromatic nitrogens is 6. The zero-order valence-corrected chi connectivity index (χ0v) is 16.3. The second-order valence-corrected chi connectivity index (χ2v) is 7.11. The van der Waals surface area contributed by atoms with E-state index in [0.29, 0.717) is 5.16 Å². The number of rotatable bonds is 5. The Kier molecular flexibility index (Phi) is 5.08. The fourth-order valence-corrected chi connectivity index (χ4v) is 3.31. The molecule has 1 aromatic carbocycles. The van der Waals surface area contributed by atoms with Crippen molar-refractivity contribution in [3.63, 3.8) is 0 Å². The number of nitrogens with one attached hydrogen (secondary N) is 1. The molecule has 3 aromatic rings. The van der Waals surface area contributed by atoms with Crippen molar-refractivity contribution in [1.82, 2.24) is 30.0 Å². The monoisotopic (exact) mass is 371 g/mol. The number of tetrazole rings is 1. The standard InChI is InChI=1S/C17H21N7OS/c1-10-6-7-11(2)14(8-10)24-17(19-21-22-24)26-9-15(25)18-16-12(3)20-23(5)13(16)4/h6-8H,9H2,1-5H3,(H,18,25). The van der Waals surface area contributed by atoms with Crippen LogP contribution in [-0.4, -0.2) is 41.6 Å². The number of benzene rings is 1. The van der Waals surface area contributed by atoms with Crippen molar-refractivity contribution in [2.24, 2.45) is 7.05 Å². The molecule has 0 saturated carbocycles. The molecule has 0 aliphatic carbocycles. The summed E-state index contributed by atoms with van der Waals surface area (Å²) in [6.07, 6.45) is 0. The lowest BCUT2D eigenvalue weighted by Crippen LogP contribution is -2.16. The lowest BCUT2D eigenvalue weighted by molar-refractivity contribution is -0.113. The fourth-order valence-electron chi connectivity index (χ4n) is 2.63. The highest BCUT2D eigenvalue weighted by Crippen LogP contribution is 2.23. The molecule has 1 amide bonds. The predicted molar refractivity (Wildman–Crippen MR) is 101 cm³/mol. The molecule has 0 unspecified atom stereocenters. The maximum atomic E-state index is 12.3. The Morgan fingerprint density at radius 3 is 2.69 bits per heavy atom. The third-order valence-electron chi connectivity index (χ3n) is 4.14. The highest BCUT2D eigenvalue weighted by atomic mass is 32.2. The van der Waals surface area contributed by atoms with Crippen LogP contribution in [0.3, 0.4) is 0 Å². The van der Waals surface area contributed by atoms with Gasteiger partial charge in [0.15, 0.2) is 0 Å². The molecule has 0 bridgehead atoms. The smallest absolute Gasteiger partial charge is 0.234 e. The number of hydrogen-bond acceptors (Lipinski definition) is 6. The van der Waals surface area contributed by atoms with Crippen molar-refractivity contribution in [2.75, 3.05) is 11.1 Å². The molecular weight excluding hydrogens is 350 g/mol. The van der Waals surface area contributed by atoms with E-state index in [1.807, 2.05) is 52.9 Å². The maximum absolute atomic E-state index is 12.3. The Labute approximate surface area is 156 Å². The van der Waals surface area contributed by atoms with E-state index < -0.39 is 0 Å². The quantitative estimate of drug-likeness (QED) is 0.693. The van der Waals surface area contributed by atoms with Gasteiger partial charge in [-0.25, -0.2) is 0 Å². The molecule has 0 fully saturated rings. The number of hydrogen-bond donors (Lipinski definition) is 1. The Morgan fingerprint density at radius 2 is 2.00 bits per heavy atom. The third-order valence-corrected chi connectivity index (χ3v) is 5.06. The Bertz CT molecular complexity index is 960. The largest absolute Gasteiger partial charge is 0.322 e. The number of carbonyl (C=O) groups excluding carboxylic acids is 1. The lowest BCUT2D eigenvalue weighted by Gasteiger charge is -2.09. The van der Waals surface area contributed by atoms with Gasteiger partial charge in [0.05, 0.1) is 28.5 Å². The van der Waals surface area contributed by atoms with Gasteiger partial charge in [0, 0.05) is 7.05 Å². The molecule has 9 heteroatoms. The summed E-state index contributed by atoms with van der Waals surface area (Å²) in [4.78, 5) is 12.3. The first-order valence-electron chi connectivity index (χ1n) is 8.15. The van der Waals surface area contributed by atoms with Crippen LogP contribution in [0.1, 0.15) is 22.5 Å². The van der Waals surface area contributed by atoms with Gasteiger partial charge in [-0.2, -0.15) is 9.78 Å². The first-order chi connectivity index (χ1) is 12.4. The molecular formula is C17H21N7OS. The number of anilines is 1. The molecule has 0 aliphatic heterocycles. The zero-order chi connectivity index (χ0) is 18.8. The molecule has 136 valence electrons. The molecule has 0 aliphatic rings. The molecule has 1 N–H and O–H groups in total. The third kappa shape index (κ3) is 3.62. The topological polar surface area (TPSA) is 90.5 Å². The Hall–Kier alpha value is -2.68. The number of carbonyl (C=O) groups is 1. The number of aryl methyl sites for hydroxylation is 4. The van der Waals surface area contributed by atoms with Crippen LogP contribution in [0.5, 0.6) is 0 Å². The maximum Gasteiger partial charge on any atom is 0.234 e. The normalized spacial score (nSPS) is 11.0. The molecule has 2 heterocycles. The molecule has 26 heavy (non-hydrogen) atoms. The molecule has 0 radical (unpaired) electrons. The van der Waals surface area contributed by atoms with Gasteiger partial charge in [0.2, 0.25) is 11.1 Å². The Morgan fingerprint density at radius 1 is 1.23 bits per heavy atom. The summed E-state index contributed by atoms with van der Waals surface area (Å²) >= 11 is 1.30. The SMILES string of the molecule is Cc1ccc(C)c(-n2nnnc2SCC(=O)Nc2c(C)nn(C)c2C)c1. The summed E-state index contributed by atoms with van der Waals surface area (Å²) in [7, 11) is 1.85. The van der Waals surface area contributed by atoms with Gasteiger partial charge in [-0.05, 0) is 55.3 Å². The molecule has 3 rings (SSSR count). The highest BCUT2D eigenvalue weighted by Gasteiger charge is 2.16. The van der Waals surface area contributed by atoms with Gasteiger partial charge in [-0.15, -0.1) is 5.10 Å². The van der Waals surface area contributed by atoms with Crippen LogP contribution in [0.2, 0.25) is 0 Å². The van der Waals surface area contributed by atoms with Gasteiger partial charge < -0.3 is 5.32 Å². The molecule has 0 saturated heterocycles. The minimum atomic E-state index is -0.121. The highest BCUT2D eigenvalue weighted by molar-refractivity contribution is 7.99. The molecule has 8 nitrogen and oxygen atoms in total. The van der Waals surface area contributed by atoms with Crippen LogP contribution < -0.4 is 5.32 Å². The van der Waals surface area contributed by atoms with Gasteiger partial charge in [0.1, 0.15) is 0 Å². The molecule has 2 aromatic heterocycles. The van der Waals surface area contributed by atoms with Gasteiger partial charge in [0.25, 0.3) is 0 Å². The van der Waals surface area contributed by atoms with Crippen molar-refractivity contribution in [3.8, 4) is 5.69 Å². The average Bonchev–Trinajstić information content (AvgIpc) is 3.15. The average molecular weight is 371 g/mol. The summed E-state index contributed by atoms with van der Waals surface area (Å²) in [5.41, 5.74) is 5.57. The van der Waals surface area contributed by atoms with Crippen molar-refractivity contribution in [2.45, 2.75) is 32.9 Å². The predicted octanol–water partition coefficient (Wildman–Crippen LogP) is 2.36. The number of nitrogens with zero attached hydrogens (tertiary/aromatic N) is 6. The van der Waals surface area contributed by atoms with Crippen LogP contribution in [0, 0.1) is 27.7 Å². The van der Waals surface area contributed by atoms with E-state index in [-0.39, 0.29) is 11.7 Å². The van der Waals surface area contributed by atoms with E-state index in [2.05, 4.69) is 25.9 Å². The Balaban J connectivity index is 1.72. The second kappa shape index (κ2) is 7.28. The van der Waals surface area contributed by atoms with Crippen molar-refractivity contribution < 1.29 is 4.79 Å². The van der Waals surface area contributed by atoms with Crippen molar-refractivity contribution in [1.29, 1.82) is 0 Å². The minimum absolute atomic E-state index is 0.121. The zero-order valence-electron chi connectivity index (χ0n) is 15.4. The van der Waals surface area contributed by atoms with Gasteiger partial charge in [-0.1, -0.05) is 23.9 Å². The fraction of sp³-hybridized carbons (Fsp3) is 0.353. The van der Waals surface area contributed by atoms with E-state index in [1.54, 1.807) is 9.36 Å². The summed E-state index contributed by atoms with van der Waals surface area (Å²) in [5, 5.41) is 19.7. The van der Waals surface area contributed by atoms with Gasteiger partial charge in [-0.3, -0.25) is 9.48 Å². The van der Waals surface area contributed by atoms with Crippen LogP contribution >= 0.6 is 11.8 Å². The van der Waals surface area contributed by atoms with E-state index in [0.717, 1.165) is 33.9 Å². The summed E-state index contributed by atoms with van der Waals surface area (Å²) in [6.45, 7) is 7.82. The summed E-state index contributed by atoms with van der Waals surface area (Å²) in [6, 6.07) is 6.10. The van der Waals surface area contributed by atoms with Crippen molar-refractivity contribution >= 4 is 23.4 Å². The van der Waals surface area contributed by atoms with E-state index in [4.69, 9.17) is 0 Å². The minimum Gasteiger partial charge on any atom is -0.322 e. The summed E-state index contributed by atoms with van der Waals surface area (Å²) in [5.74, 6) is 0.0867. The van der Waals surface area contributed by atoms with Crippen LogP contribution in [0.4, 0.5) is 5.69 Å². The number of amides is 1. The van der Waals surface area contributed by atoms with Crippen LogP contribution in [0.15, 0.2) is 23.4 Å². The lowest BCUT2D eigenvalue weighted by atomic mass is 10.1. The first kappa shape index (κ1) is 18.1. The van der Waals surface area contributed by atoms with Crippen LogP contribution in [-0.2, 0) is 11.8 Å². The van der Waals surface area contributed by atoms with E-state index in [9.17, 15) is 4.79 Å². The summed E-state index contributed by atoms with van der Waals surface area (Å²) < 4.78 is 3.42. The van der Waals surface area contributed by atoms with Crippen molar-refractivity contribution in [3.05, 3.63) is 40.7 Å². The number of thioether (sulfide) groups is 1. The van der Waals surface area contributed by atoms with Gasteiger partial charge >= 0.3 is 0 Å². The first-order valence-corrected chi connectivity index (χ1v) is 9.14. The molecule has 0 atom stereocenters. The van der Waals surface area contributed by atoms with E-state index >= 15 is 0 Å². The van der Waals surface area contributed by atoms with Crippen LogP contribution in [0.25, 0.3) is 5.69 Å². The van der Waals surface area contributed by atoms with E-state index in [1.165, 1.54) is 11.8 Å². The second-order valence-electron chi connectivity index (χ2n) is 6.17. The molecule has 0 spiro atoms.